The first-order chi connectivity index (χ1) is 9.93. The third-order valence-electron chi connectivity index (χ3n) is 3.12. The average molecular weight is 313 g/mol. The van der Waals surface area contributed by atoms with E-state index in [4.69, 9.17) is 4.74 Å². The molecule has 0 saturated heterocycles. The van der Waals surface area contributed by atoms with Crippen LogP contribution >= 0.6 is 11.8 Å². The van der Waals surface area contributed by atoms with Crippen LogP contribution in [0.25, 0.3) is 0 Å². The summed E-state index contributed by atoms with van der Waals surface area (Å²) >= 11 is 1.48. The molecule has 0 aliphatic heterocycles. The Hall–Kier alpha value is -1.23. The van der Waals surface area contributed by atoms with Crippen LogP contribution in [0.5, 0.6) is 5.75 Å². The number of amides is 1. The Kier molecular flexibility index (Phi) is 7.57. The molecule has 1 N–H and O–H groups in total. The maximum atomic E-state index is 13.3. The Morgan fingerprint density at radius 1 is 1.38 bits per heavy atom. The molecule has 118 valence electrons. The standard InChI is InChI=1S/C16H24FNO2S/c1-11(2)7-8-18-16(19)12(3)21-10-13-9-14(17)5-6-15(13)20-4/h5-6,9,11-12H,7-8,10H2,1-4H3,(H,18,19). The lowest BCUT2D eigenvalue weighted by Gasteiger charge is -2.14. The van der Waals surface area contributed by atoms with Crippen LogP contribution in [0.15, 0.2) is 18.2 Å². The Bertz CT molecular complexity index is 466. The number of carbonyl (C=O) groups is 1. The fourth-order valence-electron chi connectivity index (χ4n) is 1.78. The highest BCUT2D eigenvalue weighted by Crippen LogP contribution is 2.26. The van der Waals surface area contributed by atoms with Crippen LogP contribution in [0.2, 0.25) is 0 Å². The van der Waals surface area contributed by atoms with Crippen molar-refractivity contribution >= 4 is 17.7 Å². The highest BCUT2D eigenvalue weighted by Gasteiger charge is 2.14. The van der Waals surface area contributed by atoms with E-state index in [2.05, 4.69) is 19.2 Å². The zero-order valence-corrected chi connectivity index (χ0v) is 13.9. The molecule has 0 aromatic heterocycles. The van der Waals surface area contributed by atoms with Gasteiger partial charge in [-0.05, 0) is 37.5 Å². The van der Waals surface area contributed by atoms with Gasteiger partial charge in [-0.25, -0.2) is 4.39 Å². The van der Waals surface area contributed by atoms with Gasteiger partial charge in [-0.1, -0.05) is 13.8 Å². The summed E-state index contributed by atoms with van der Waals surface area (Å²) in [6.45, 7) is 6.81. The number of hydrogen-bond acceptors (Lipinski definition) is 3. The monoisotopic (exact) mass is 313 g/mol. The SMILES string of the molecule is COc1ccc(F)cc1CSC(C)C(=O)NCCC(C)C. The third kappa shape index (κ3) is 6.38. The lowest BCUT2D eigenvalue weighted by molar-refractivity contribution is -0.120. The highest BCUT2D eigenvalue weighted by molar-refractivity contribution is 7.99. The van der Waals surface area contributed by atoms with Gasteiger partial charge in [0, 0.05) is 17.9 Å². The van der Waals surface area contributed by atoms with Gasteiger partial charge in [0.15, 0.2) is 0 Å². The summed E-state index contributed by atoms with van der Waals surface area (Å²) < 4.78 is 18.5. The topological polar surface area (TPSA) is 38.3 Å². The molecular formula is C16H24FNO2S. The van der Waals surface area contributed by atoms with E-state index in [0.717, 1.165) is 12.0 Å². The number of benzene rings is 1. The van der Waals surface area contributed by atoms with Gasteiger partial charge >= 0.3 is 0 Å². The van der Waals surface area contributed by atoms with E-state index in [1.54, 1.807) is 13.2 Å². The number of carbonyl (C=O) groups excluding carboxylic acids is 1. The summed E-state index contributed by atoms with van der Waals surface area (Å²) in [7, 11) is 1.56. The van der Waals surface area contributed by atoms with Crippen molar-refractivity contribution < 1.29 is 13.9 Å². The Morgan fingerprint density at radius 2 is 2.10 bits per heavy atom. The van der Waals surface area contributed by atoms with E-state index in [9.17, 15) is 9.18 Å². The lowest BCUT2D eigenvalue weighted by atomic mass is 10.1. The van der Waals surface area contributed by atoms with E-state index in [-0.39, 0.29) is 17.0 Å². The zero-order valence-electron chi connectivity index (χ0n) is 13.1. The van der Waals surface area contributed by atoms with E-state index >= 15 is 0 Å². The molecule has 0 aliphatic carbocycles. The van der Waals surface area contributed by atoms with Crippen molar-refractivity contribution in [3.05, 3.63) is 29.6 Å². The summed E-state index contributed by atoms with van der Waals surface area (Å²) in [5.41, 5.74) is 0.768. The molecule has 0 saturated carbocycles. The van der Waals surface area contributed by atoms with Gasteiger partial charge in [-0.15, -0.1) is 11.8 Å². The van der Waals surface area contributed by atoms with Crippen molar-refractivity contribution in [3.8, 4) is 5.75 Å². The molecule has 21 heavy (non-hydrogen) atoms. The number of nitrogens with one attached hydrogen (secondary N) is 1. The van der Waals surface area contributed by atoms with Crippen LogP contribution < -0.4 is 10.1 Å². The van der Waals surface area contributed by atoms with E-state index in [1.165, 1.54) is 23.9 Å². The Labute approximate surface area is 130 Å². The van der Waals surface area contributed by atoms with Gasteiger partial charge in [0.25, 0.3) is 0 Å². The Balaban J connectivity index is 2.47. The lowest BCUT2D eigenvalue weighted by Crippen LogP contribution is -2.32. The molecule has 3 nitrogen and oxygen atoms in total. The smallest absolute Gasteiger partial charge is 0.232 e. The summed E-state index contributed by atoms with van der Waals surface area (Å²) in [4.78, 5) is 11.9. The van der Waals surface area contributed by atoms with Crippen molar-refractivity contribution in [2.24, 2.45) is 5.92 Å². The molecule has 1 rings (SSSR count). The summed E-state index contributed by atoms with van der Waals surface area (Å²) in [5, 5.41) is 2.75. The van der Waals surface area contributed by atoms with E-state index in [1.807, 2.05) is 6.92 Å². The second-order valence-corrected chi connectivity index (χ2v) is 6.71. The van der Waals surface area contributed by atoms with Crippen molar-refractivity contribution in [1.82, 2.24) is 5.32 Å². The largest absolute Gasteiger partial charge is 0.496 e. The minimum atomic E-state index is -0.291. The minimum absolute atomic E-state index is 0.0241. The first-order valence-electron chi connectivity index (χ1n) is 7.15. The predicted octanol–water partition coefficient (Wildman–Crippen LogP) is 3.62. The zero-order chi connectivity index (χ0) is 15.8. The summed E-state index contributed by atoms with van der Waals surface area (Å²) in [6, 6.07) is 4.43. The number of thioether (sulfide) groups is 1. The third-order valence-corrected chi connectivity index (χ3v) is 4.31. The molecule has 1 aromatic carbocycles. The van der Waals surface area contributed by atoms with Crippen LogP contribution in [0, 0.1) is 11.7 Å². The van der Waals surface area contributed by atoms with Crippen molar-refractivity contribution in [3.63, 3.8) is 0 Å². The quantitative estimate of drug-likeness (QED) is 0.796. The fraction of sp³-hybridized carbons (Fsp3) is 0.562. The van der Waals surface area contributed by atoms with E-state index in [0.29, 0.717) is 24.0 Å². The first kappa shape index (κ1) is 17.8. The molecule has 1 atom stereocenters. The predicted molar refractivity (Wildman–Crippen MR) is 86.2 cm³/mol. The fourth-order valence-corrected chi connectivity index (χ4v) is 2.67. The minimum Gasteiger partial charge on any atom is -0.496 e. The average Bonchev–Trinajstić information content (AvgIpc) is 2.44. The summed E-state index contributed by atoms with van der Waals surface area (Å²) in [6.07, 6.45) is 0.973. The second kappa shape index (κ2) is 8.93. The molecule has 5 heteroatoms. The van der Waals surface area contributed by atoms with Crippen LogP contribution in [-0.4, -0.2) is 24.8 Å². The van der Waals surface area contributed by atoms with Gasteiger partial charge in [0.05, 0.1) is 12.4 Å². The van der Waals surface area contributed by atoms with Crippen LogP contribution in [-0.2, 0) is 10.5 Å². The maximum absolute atomic E-state index is 13.3. The number of methoxy groups -OCH3 is 1. The van der Waals surface area contributed by atoms with Gasteiger partial charge in [0.2, 0.25) is 5.91 Å². The van der Waals surface area contributed by atoms with Crippen molar-refractivity contribution in [2.75, 3.05) is 13.7 Å². The molecule has 1 aromatic rings. The van der Waals surface area contributed by atoms with Gasteiger partial charge < -0.3 is 10.1 Å². The first-order valence-corrected chi connectivity index (χ1v) is 8.20. The number of hydrogen-bond donors (Lipinski definition) is 1. The molecule has 0 spiro atoms. The van der Waals surface area contributed by atoms with Gasteiger partial charge in [-0.2, -0.15) is 0 Å². The maximum Gasteiger partial charge on any atom is 0.232 e. The molecule has 1 unspecified atom stereocenters. The molecule has 0 fully saturated rings. The van der Waals surface area contributed by atoms with Crippen molar-refractivity contribution in [1.29, 1.82) is 0 Å². The summed E-state index contributed by atoms with van der Waals surface area (Å²) in [5.74, 6) is 1.50. The number of ether oxygens (including phenoxy) is 1. The van der Waals surface area contributed by atoms with Crippen LogP contribution in [0.3, 0.4) is 0 Å². The van der Waals surface area contributed by atoms with E-state index < -0.39 is 0 Å². The molecule has 0 aliphatic rings. The normalized spacial score (nSPS) is 12.3. The molecule has 0 heterocycles. The molecule has 1 amide bonds. The highest BCUT2D eigenvalue weighted by atomic mass is 32.2. The molecule has 0 radical (unpaired) electrons. The molecular weight excluding hydrogens is 289 g/mol. The van der Waals surface area contributed by atoms with Crippen LogP contribution in [0.1, 0.15) is 32.8 Å². The number of halogens is 1. The Morgan fingerprint density at radius 3 is 2.71 bits per heavy atom. The second-order valence-electron chi connectivity index (χ2n) is 5.38. The van der Waals surface area contributed by atoms with Crippen molar-refractivity contribution in [2.45, 2.75) is 38.2 Å². The van der Waals surface area contributed by atoms with Gasteiger partial charge in [-0.3, -0.25) is 4.79 Å². The van der Waals surface area contributed by atoms with Crippen LogP contribution in [0.4, 0.5) is 4.39 Å². The van der Waals surface area contributed by atoms with Gasteiger partial charge in [0.1, 0.15) is 11.6 Å². The number of rotatable bonds is 8. The molecule has 0 bridgehead atoms.